The fourth-order valence-electron chi connectivity index (χ4n) is 5.58. The summed E-state index contributed by atoms with van der Waals surface area (Å²) in [7, 11) is 11.8. The summed E-state index contributed by atoms with van der Waals surface area (Å²) >= 11 is 0. The smallest absolute Gasteiger partial charge is 0.0782 e. The number of quaternary nitrogens is 2. The van der Waals surface area contributed by atoms with Crippen LogP contribution in [0.5, 0.6) is 0 Å². The summed E-state index contributed by atoms with van der Waals surface area (Å²) in [5.41, 5.74) is 1.50. The molecule has 0 heterocycles. The zero-order valence-corrected chi connectivity index (χ0v) is 26.3. The second kappa shape index (κ2) is 22.0. The summed E-state index contributed by atoms with van der Waals surface area (Å²) in [5, 5.41) is 0. The van der Waals surface area contributed by atoms with Crippen LogP contribution in [0.4, 0.5) is 0 Å². The molecule has 0 radical (unpaired) electrons. The topological polar surface area (TPSA) is 0 Å². The molecule has 0 unspecified atom stereocenters. The summed E-state index contributed by atoms with van der Waals surface area (Å²) in [6.07, 6.45) is 30.0. The molecule has 0 N–H and O–H groups in total. The maximum absolute atomic E-state index is 2.44. The van der Waals surface area contributed by atoms with Gasteiger partial charge < -0.3 is 8.97 Å². The fourth-order valence-corrected chi connectivity index (χ4v) is 5.58. The molecule has 1 aromatic rings. The Hall–Kier alpha value is -0.860. The van der Waals surface area contributed by atoms with Crippen LogP contribution in [0.2, 0.25) is 0 Å². The minimum atomic E-state index is 1.11. The van der Waals surface area contributed by atoms with Gasteiger partial charge in [-0.25, -0.2) is 0 Å². The third-order valence-electron chi connectivity index (χ3n) is 8.16. The van der Waals surface area contributed by atoms with E-state index in [1.165, 1.54) is 165 Å². The lowest BCUT2D eigenvalue weighted by atomic mass is 10.0. The van der Waals surface area contributed by atoms with Crippen LogP contribution in [0.3, 0.4) is 0 Å². The van der Waals surface area contributed by atoms with Crippen LogP contribution in [0.15, 0.2) is 30.3 Å². The first-order chi connectivity index (χ1) is 17.8. The highest BCUT2D eigenvalue weighted by molar-refractivity contribution is 5.14. The van der Waals surface area contributed by atoms with Crippen LogP contribution < -0.4 is 0 Å². The molecule has 0 bridgehead atoms. The van der Waals surface area contributed by atoms with Crippen molar-refractivity contribution in [3.05, 3.63) is 35.9 Å². The molecule has 0 spiro atoms. The van der Waals surface area contributed by atoms with E-state index in [-0.39, 0.29) is 0 Å². The molecule has 0 aromatic heterocycles. The number of nitrogens with zero attached hydrogens (tertiary/aromatic N) is 2. The molecular formula is C35H68N2+2. The number of hydrogen-bond donors (Lipinski definition) is 0. The zero-order chi connectivity index (χ0) is 27.1. The van der Waals surface area contributed by atoms with Crippen molar-refractivity contribution in [2.75, 3.05) is 54.9 Å². The first-order valence-electron chi connectivity index (χ1n) is 16.4. The van der Waals surface area contributed by atoms with E-state index in [9.17, 15) is 0 Å². The first kappa shape index (κ1) is 34.2. The van der Waals surface area contributed by atoms with Crippen molar-refractivity contribution in [3.63, 3.8) is 0 Å². The average molecular weight is 517 g/mol. The van der Waals surface area contributed by atoms with Crippen LogP contribution >= 0.6 is 0 Å². The van der Waals surface area contributed by atoms with Crippen molar-refractivity contribution in [1.29, 1.82) is 0 Å². The summed E-state index contributed by atoms with van der Waals surface area (Å²) < 4.78 is 2.34. The Morgan fingerprint density at radius 1 is 0.378 bits per heavy atom. The summed E-state index contributed by atoms with van der Waals surface area (Å²) in [6.45, 7) is 4.04. The lowest BCUT2D eigenvalue weighted by Crippen LogP contribution is -2.41. The number of rotatable bonds is 26. The molecule has 0 atom stereocenters. The Balaban J connectivity index is 1.76. The summed E-state index contributed by atoms with van der Waals surface area (Å²) in [4.78, 5) is 0. The van der Waals surface area contributed by atoms with Gasteiger partial charge in [0.1, 0.15) is 0 Å². The minimum Gasteiger partial charge on any atom is -0.331 e. The monoisotopic (exact) mass is 517 g/mol. The number of aryl methyl sites for hydroxylation is 1. The van der Waals surface area contributed by atoms with Gasteiger partial charge in [-0.05, 0) is 56.9 Å². The van der Waals surface area contributed by atoms with E-state index in [1.807, 2.05) is 0 Å². The van der Waals surface area contributed by atoms with Gasteiger partial charge in [0, 0.05) is 0 Å². The van der Waals surface area contributed by atoms with Gasteiger partial charge in [0.15, 0.2) is 0 Å². The predicted octanol–water partition coefficient (Wildman–Crippen LogP) is 9.81. The third-order valence-corrected chi connectivity index (χ3v) is 8.16. The molecule has 0 aliphatic heterocycles. The molecule has 0 aliphatic rings. The van der Waals surface area contributed by atoms with E-state index in [2.05, 4.69) is 65.6 Å². The van der Waals surface area contributed by atoms with Crippen LogP contribution in [-0.2, 0) is 6.42 Å². The molecule has 216 valence electrons. The van der Waals surface area contributed by atoms with Gasteiger partial charge in [0.2, 0.25) is 0 Å². The minimum absolute atomic E-state index is 1.11. The third kappa shape index (κ3) is 24.0. The molecule has 1 aromatic carbocycles. The molecule has 0 amide bonds. The van der Waals surface area contributed by atoms with Crippen molar-refractivity contribution >= 4 is 0 Å². The highest BCUT2D eigenvalue weighted by Crippen LogP contribution is 2.15. The van der Waals surface area contributed by atoms with Crippen LogP contribution in [-0.4, -0.2) is 63.8 Å². The second-order valence-electron chi connectivity index (χ2n) is 13.7. The van der Waals surface area contributed by atoms with E-state index < -0.39 is 0 Å². The average Bonchev–Trinajstić information content (AvgIpc) is 2.85. The van der Waals surface area contributed by atoms with Gasteiger partial charge in [-0.3, -0.25) is 0 Å². The van der Waals surface area contributed by atoms with Crippen LogP contribution in [0.25, 0.3) is 0 Å². The molecular weight excluding hydrogens is 448 g/mol. The van der Waals surface area contributed by atoms with Crippen molar-refractivity contribution in [2.45, 2.75) is 135 Å². The Kier molecular flexibility index (Phi) is 20.3. The van der Waals surface area contributed by atoms with Gasteiger partial charge in [-0.2, -0.15) is 0 Å². The van der Waals surface area contributed by atoms with E-state index in [1.54, 1.807) is 0 Å². The van der Waals surface area contributed by atoms with E-state index >= 15 is 0 Å². The van der Waals surface area contributed by atoms with Gasteiger partial charge in [0.05, 0.1) is 54.9 Å². The van der Waals surface area contributed by atoms with Gasteiger partial charge in [-0.15, -0.1) is 0 Å². The molecule has 37 heavy (non-hydrogen) atoms. The SMILES string of the molecule is C[N+](C)(C)CCCCCC[N+](C)(C)CCCCCCCCCCCCCCCCCCc1ccccc1. The normalized spacial score (nSPS) is 12.4. The van der Waals surface area contributed by atoms with E-state index in [0.29, 0.717) is 0 Å². The maximum Gasteiger partial charge on any atom is 0.0782 e. The molecule has 2 nitrogen and oxygen atoms in total. The zero-order valence-electron chi connectivity index (χ0n) is 26.3. The van der Waals surface area contributed by atoms with Crippen LogP contribution in [0.1, 0.15) is 134 Å². The largest absolute Gasteiger partial charge is 0.331 e. The Morgan fingerprint density at radius 3 is 1.08 bits per heavy atom. The molecule has 0 saturated heterocycles. The number of hydrogen-bond acceptors (Lipinski definition) is 0. The summed E-state index contributed by atoms with van der Waals surface area (Å²) in [6, 6.07) is 11.0. The Bertz CT molecular complexity index is 601. The molecule has 1 rings (SSSR count). The van der Waals surface area contributed by atoms with E-state index in [4.69, 9.17) is 0 Å². The van der Waals surface area contributed by atoms with Crippen molar-refractivity contribution < 1.29 is 8.97 Å². The number of unbranched alkanes of at least 4 members (excludes halogenated alkanes) is 18. The van der Waals surface area contributed by atoms with Crippen molar-refractivity contribution in [3.8, 4) is 0 Å². The number of benzene rings is 1. The molecule has 0 aliphatic carbocycles. The highest BCUT2D eigenvalue weighted by atomic mass is 15.3. The van der Waals surface area contributed by atoms with Crippen molar-refractivity contribution in [1.82, 2.24) is 0 Å². The summed E-state index contributed by atoms with van der Waals surface area (Å²) in [5.74, 6) is 0. The van der Waals surface area contributed by atoms with E-state index in [0.717, 1.165) is 4.48 Å². The maximum atomic E-state index is 2.44. The predicted molar refractivity (Wildman–Crippen MR) is 167 cm³/mol. The lowest BCUT2D eigenvalue weighted by Gasteiger charge is -2.30. The standard InChI is InChI=1S/C35H68N2/c1-36(2,3)32-26-20-21-28-34-37(4,5)33-27-19-17-15-13-11-9-7-6-8-10-12-14-16-18-23-29-35-30-24-22-25-31-35/h22,24-25,30-31H,6-21,23,26-29,32-34H2,1-5H3/q+2. The Morgan fingerprint density at radius 2 is 0.703 bits per heavy atom. The Labute approximate surface area is 234 Å². The second-order valence-corrected chi connectivity index (χ2v) is 13.7. The van der Waals surface area contributed by atoms with Crippen LogP contribution in [0, 0.1) is 0 Å². The highest BCUT2D eigenvalue weighted by Gasteiger charge is 2.14. The van der Waals surface area contributed by atoms with Gasteiger partial charge in [-0.1, -0.05) is 114 Å². The molecule has 0 saturated carbocycles. The fraction of sp³-hybridized carbons (Fsp3) is 0.829. The lowest BCUT2D eigenvalue weighted by molar-refractivity contribution is -0.890. The van der Waals surface area contributed by atoms with Crippen molar-refractivity contribution in [2.24, 2.45) is 0 Å². The first-order valence-corrected chi connectivity index (χ1v) is 16.4. The van der Waals surface area contributed by atoms with Gasteiger partial charge >= 0.3 is 0 Å². The quantitative estimate of drug-likeness (QED) is 0.0848. The van der Waals surface area contributed by atoms with Gasteiger partial charge in [0.25, 0.3) is 0 Å². The molecule has 2 heteroatoms. The molecule has 0 fully saturated rings.